The molecular formula is C14H18N4O3. The Labute approximate surface area is 122 Å². The second-order valence-electron chi connectivity index (χ2n) is 5.84. The molecule has 2 aliphatic rings. The molecule has 0 spiro atoms. The Morgan fingerprint density at radius 1 is 1.52 bits per heavy atom. The minimum absolute atomic E-state index is 0.0245. The van der Waals surface area contributed by atoms with Gasteiger partial charge in [-0.3, -0.25) is 14.9 Å². The summed E-state index contributed by atoms with van der Waals surface area (Å²) < 4.78 is 0. The van der Waals surface area contributed by atoms with Crippen LogP contribution in [-0.2, 0) is 4.79 Å². The molecule has 0 radical (unpaired) electrons. The van der Waals surface area contributed by atoms with Crippen LogP contribution in [0.25, 0.3) is 0 Å². The van der Waals surface area contributed by atoms with Crippen LogP contribution in [0, 0.1) is 23.0 Å². The number of anilines is 1. The van der Waals surface area contributed by atoms with E-state index in [1.807, 2.05) is 4.90 Å². The van der Waals surface area contributed by atoms with Gasteiger partial charge < -0.3 is 10.2 Å². The van der Waals surface area contributed by atoms with E-state index in [1.165, 1.54) is 6.20 Å². The SMILES string of the molecule is Cc1cc(NCC2CC(=O)N(C3CC3)C2)ncc1[N+](=O)[O-]. The summed E-state index contributed by atoms with van der Waals surface area (Å²) in [5, 5.41) is 13.9. The molecule has 1 aromatic rings. The molecule has 7 heteroatoms. The fourth-order valence-corrected chi connectivity index (χ4v) is 2.77. The van der Waals surface area contributed by atoms with Crippen molar-refractivity contribution in [1.29, 1.82) is 0 Å². The van der Waals surface area contributed by atoms with Crippen molar-refractivity contribution in [2.75, 3.05) is 18.4 Å². The number of pyridine rings is 1. The molecule has 1 saturated carbocycles. The van der Waals surface area contributed by atoms with E-state index in [9.17, 15) is 14.9 Å². The van der Waals surface area contributed by atoms with Gasteiger partial charge in [0.15, 0.2) is 0 Å². The lowest BCUT2D eigenvalue weighted by Crippen LogP contribution is -2.28. The van der Waals surface area contributed by atoms with Crippen LogP contribution in [0.2, 0.25) is 0 Å². The highest BCUT2D eigenvalue weighted by Gasteiger charge is 2.39. The first-order valence-corrected chi connectivity index (χ1v) is 7.19. The van der Waals surface area contributed by atoms with Gasteiger partial charge in [-0.05, 0) is 25.8 Å². The molecule has 112 valence electrons. The molecule has 0 aromatic carbocycles. The van der Waals surface area contributed by atoms with Gasteiger partial charge in [0, 0.05) is 37.0 Å². The average Bonchev–Trinajstić information content (AvgIpc) is 3.20. The van der Waals surface area contributed by atoms with Crippen molar-refractivity contribution in [3.63, 3.8) is 0 Å². The quantitative estimate of drug-likeness (QED) is 0.659. The van der Waals surface area contributed by atoms with E-state index < -0.39 is 4.92 Å². The zero-order valence-corrected chi connectivity index (χ0v) is 11.9. The Balaban J connectivity index is 1.57. The van der Waals surface area contributed by atoms with Crippen molar-refractivity contribution < 1.29 is 9.72 Å². The van der Waals surface area contributed by atoms with Crippen LogP contribution in [-0.4, -0.2) is 39.8 Å². The topological polar surface area (TPSA) is 88.4 Å². The Kier molecular flexibility index (Phi) is 3.48. The van der Waals surface area contributed by atoms with E-state index in [0.29, 0.717) is 30.4 Å². The third kappa shape index (κ3) is 2.96. The highest BCUT2D eigenvalue weighted by Crippen LogP contribution is 2.32. The predicted octanol–water partition coefficient (Wildman–Crippen LogP) is 1.72. The number of likely N-dealkylation sites (tertiary alicyclic amines) is 1. The van der Waals surface area contributed by atoms with Gasteiger partial charge in [0.25, 0.3) is 5.69 Å². The number of rotatable bonds is 5. The smallest absolute Gasteiger partial charge is 0.290 e. The number of hydrogen-bond donors (Lipinski definition) is 1. The normalized spacial score (nSPS) is 21.7. The summed E-state index contributed by atoms with van der Waals surface area (Å²) in [5.74, 6) is 1.16. The fraction of sp³-hybridized carbons (Fsp3) is 0.571. The number of nitrogens with zero attached hydrogens (tertiary/aromatic N) is 3. The molecule has 1 aliphatic heterocycles. The summed E-state index contributed by atoms with van der Waals surface area (Å²) in [6.07, 6.45) is 4.12. The third-order valence-corrected chi connectivity index (χ3v) is 4.08. The van der Waals surface area contributed by atoms with E-state index in [2.05, 4.69) is 10.3 Å². The number of hydrogen-bond acceptors (Lipinski definition) is 5. The number of nitrogens with one attached hydrogen (secondary N) is 1. The summed E-state index contributed by atoms with van der Waals surface area (Å²) in [5.41, 5.74) is 0.608. The van der Waals surface area contributed by atoms with Gasteiger partial charge in [-0.15, -0.1) is 0 Å². The number of aryl methyl sites for hydroxylation is 1. The highest BCUT2D eigenvalue weighted by molar-refractivity contribution is 5.79. The van der Waals surface area contributed by atoms with Crippen LogP contribution in [0.3, 0.4) is 0 Å². The number of carbonyl (C=O) groups excluding carboxylic acids is 1. The number of aromatic nitrogens is 1. The van der Waals surface area contributed by atoms with Gasteiger partial charge in [-0.2, -0.15) is 0 Å². The monoisotopic (exact) mass is 290 g/mol. The second kappa shape index (κ2) is 5.31. The molecule has 1 saturated heterocycles. The number of carbonyl (C=O) groups is 1. The van der Waals surface area contributed by atoms with Gasteiger partial charge in [0.05, 0.1) is 4.92 Å². The number of amides is 1. The van der Waals surface area contributed by atoms with Crippen LogP contribution < -0.4 is 5.32 Å². The largest absolute Gasteiger partial charge is 0.370 e. The van der Waals surface area contributed by atoms with Crippen molar-refractivity contribution in [3.8, 4) is 0 Å². The predicted molar refractivity (Wildman–Crippen MR) is 77.0 cm³/mol. The summed E-state index contributed by atoms with van der Waals surface area (Å²) in [7, 11) is 0. The Hall–Kier alpha value is -2.18. The minimum Gasteiger partial charge on any atom is -0.370 e. The molecule has 1 aromatic heterocycles. The third-order valence-electron chi connectivity index (χ3n) is 4.08. The molecule has 0 bridgehead atoms. The van der Waals surface area contributed by atoms with Crippen LogP contribution >= 0.6 is 0 Å². The molecule has 1 amide bonds. The molecule has 7 nitrogen and oxygen atoms in total. The minimum atomic E-state index is -0.435. The van der Waals surface area contributed by atoms with E-state index in [1.54, 1.807) is 13.0 Å². The lowest BCUT2D eigenvalue weighted by molar-refractivity contribution is -0.385. The Bertz CT molecular complexity index is 586. The maximum absolute atomic E-state index is 11.9. The first-order chi connectivity index (χ1) is 10.0. The molecular weight excluding hydrogens is 272 g/mol. The van der Waals surface area contributed by atoms with Crippen LogP contribution in [0.5, 0.6) is 0 Å². The van der Waals surface area contributed by atoms with Crippen LogP contribution in [0.15, 0.2) is 12.3 Å². The zero-order valence-electron chi connectivity index (χ0n) is 11.9. The molecule has 2 heterocycles. The van der Waals surface area contributed by atoms with Gasteiger partial charge in [-0.25, -0.2) is 4.98 Å². The second-order valence-corrected chi connectivity index (χ2v) is 5.84. The highest BCUT2D eigenvalue weighted by atomic mass is 16.6. The lowest BCUT2D eigenvalue weighted by atomic mass is 10.1. The van der Waals surface area contributed by atoms with Crippen molar-refractivity contribution in [2.45, 2.75) is 32.2 Å². The van der Waals surface area contributed by atoms with Crippen molar-refractivity contribution >= 4 is 17.4 Å². The fourth-order valence-electron chi connectivity index (χ4n) is 2.77. The van der Waals surface area contributed by atoms with E-state index in [-0.39, 0.29) is 17.5 Å². The molecule has 21 heavy (non-hydrogen) atoms. The zero-order chi connectivity index (χ0) is 15.0. The Morgan fingerprint density at radius 3 is 2.90 bits per heavy atom. The summed E-state index contributed by atoms with van der Waals surface area (Å²) in [6, 6.07) is 2.15. The van der Waals surface area contributed by atoms with Gasteiger partial charge in [0.2, 0.25) is 5.91 Å². The summed E-state index contributed by atoms with van der Waals surface area (Å²) >= 11 is 0. The van der Waals surface area contributed by atoms with E-state index >= 15 is 0 Å². The molecule has 1 unspecified atom stereocenters. The maximum Gasteiger partial charge on any atom is 0.290 e. The maximum atomic E-state index is 11.9. The summed E-state index contributed by atoms with van der Waals surface area (Å²) in [4.78, 5) is 28.2. The van der Waals surface area contributed by atoms with Gasteiger partial charge >= 0.3 is 0 Å². The standard InChI is InChI=1S/C14H18N4O3/c1-9-4-13(16-7-12(9)18(20)21)15-6-10-5-14(19)17(8-10)11-2-3-11/h4,7,10-11H,2-3,5-6,8H2,1H3,(H,15,16). The first kappa shape index (κ1) is 13.8. The number of nitro groups is 1. The van der Waals surface area contributed by atoms with Gasteiger partial charge in [0.1, 0.15) is 12.0 Å². The Morgan fingerprint density at radius 2 is 2.29 bits per heavy atom. The molecule has 2 fully saturated rings. The lowest BCUT2D eigenvalue weighted by Gasteiger charge is -2.15. The van der Waals surface area contributed by atoms with Crippen molar-refractivity contribution in [2.24, 2.45) is 5.92 Å². The van der Waals surface area contributed by atoms with Crippen molar-refractivity contribution in [3.05, 3.63) is 27.9 Å². The van der Waals surface area contributed by atoms with E-state index in [4.69, 9.17) is 0 Å². The molecule has 1 N–H and O–H groups in total. The summed E-state index contributed by atoms with van der Waals surface area (Å²) in [6.45, 7) is 3.17. The van der Waals surface area contributed by atoms with Crippen LogP contribution in [0.4, 0.5) is 11.5 Å². The molecule has 1 atom stereocenters. The van der Waals surface area contributed by atoms with Crippen LogP contribution in [0.1, 0.15) is 24.8 Å². The van der Waals surface area contributed by atoms with Crippen molar-refractivity contribution in [1.82, 2.24) is 9.88 Å². The first-order valence-electron chi connectivity index (χ1n) is 7.19. The molecule has 1 aliphatic carbocycles. The molecule has 3 rings (SSSR count). The van der Waals surface area contributed by atoms with E-state index in [0.717, 1.165) is 19.4 Å². The van der Waals surface area contributed by atoms with Gasteiger partial charge in [-0.1, -0.05) is 0 Å². The average molecular weight is 290 g/mol.